The predicted octanol–water partition coefficient (Wildman–Crippen LogP) is 3.14. The van der Waals surface area contributed by atoms with E-state index in [0.717, 1.165) is 10.2 Å². The Hall–Kier alpha value is -2.16. The summed E-state index contributed by atoms with van der Waals surface area (Å²) < 4.78 is 2.96. The van der Waals surface area contributed by atoms with Gasteiger partial charge >= 0.3 is 0 Å². The number of terminal acetylenes is 1. The molecule has 3 aromatic rings. The van der Waals surface area contributed by atoms with Crippen LogP contribution >= 0.6 is 22.7 Å². The lowest BCUT2D eigenvalue weighted by Crippen LogP contribution is -2.16. The summed E-state index contributed by atoms with van der Waals surface area (Å²) in [5.74, 6) is 2.39. The van der Waals surface area contributed by atoms with Crippen LogP contribution < -0.4 is 4.80 Å². The molecule has 0 saturated carbocycles. The Morgan fingerprint density at radius 2 is 2.15 bits per heavy atom. The maximum Gasteiger partial charge on any atom is 0.289 e. The Balaban J connectivity index is 2.18. The van der Waals surface area contributed by atoms with Crippen LogP contribution in [0.3, 0.4) is 0 Å². The number of hydrogen-bond donors (Lipinski definition) is 0. The zero-order valence-electron chi connectivity index (χ0n) is 10.4. The van der Waals surface area contributed by atoms with Crippen molar-refractivity contribution in [2.75, 3.05) is 0 Å². The van der Waals surface area contributed by atoms with Crippen LogP contribution in [0.25, 0.3) is 10.2 Å². The van der Waals surface area contributed by atoms with Crippen molar-refractivity contribution in [3.05, 3.63) is 51.5 Å². The molecule has 1 amide bonds. The molecule has 5 heteroatoms. The van der Waals surface area contributed by atoms with Gasteiger partial charge in [0.2, 0.25) is 0 Å². The second kappa shape index (κ2) is 5.45. The molecule has 20 heavy (non-hydrogen) atoms. The van der Waals surface area contributed by atoms with E-state index in [1.165, 1.54) is 22.7 Å². The Bertz CT molecular complexity index is 863. The summed E-state index contributed by atoms with van der Waals surface area (Å²) in [5.41, 5.74) is 1.01. The maximum absolute atomic E-state index is 12.1. The molecule has 0 N–H and O–H groups in total. The first kappa shape index (κ1) is 12.9. The highest BCUT2D eigenvalue weighted by Gasteiger charge is 2.08. The number of thiazole rings is 1. The van der Waals surface area contributed by atoms with Crippen molar-refractivity contribution >= 4 is 38.8 Å². The first-order valence-corrected chi connectivity index (χ1v) is 7.63. The number of rotatable bonds is 2. The minimum Gasteiger partial charge on any atom is -0.305 e. The summed E-state index contributed by atoms with van der Waals surface area (Å²) in [5, 5.41) is 1.86. The zero-order valence-corrected chi connectivity index (χ0v) is 12.1. The number of benzene rings is 1. The van der Waals surface area contributed by atoms with Gasteiger partial charge in [-0.05, 0) is 23.6 Å². The van der Waals surface area contributed by atoms with E-state index in [2.05, 4.69) is 10.9 Å². The number of aromatic nitrogens is 1. The molecule has 0 fully saturated rings. The van der Waals surface area contributed by atoms with Gasteiger partial charge in [-0.25, -0.2) is 0 Å². The fourth-order valence-corrected chi connectivity index (χ4v) is 3.53. The number of para-hydroxylation sites is 1. The largest absolute Gasteiger partial charge is 0.305 e. The van der Waals surface area contributed by atoms with Crippen molar-refractivity contribution in [2.24, 2.45) is 4.99 Å². The molecule has 0 saturated heterocycles. The average Bonchev–Trinajstić information content (AvgIpc) is 3.08. The predicted molar refractivity (Wildman–Crippen MR) is 82.9 cm³/mol. The number of nitrogens with zero attached hydrogens (tertiary/aromatic N) is 2. The molecule has 0 aliphatic carbocycles. The van der Waals surface area contributed by atoms with Crippen LogP contribution in [0, 0.1) is 12.3 Å². The van der Waals surface area contributed by atoms with E-state index in [0.29, 0.717) is 16.2 Å². The van der Waals surface area contributed by atoms with Crippen LogP contribution in [-0.4, -0.2) is 10.5 Å². The van der Waals surface area contributed by atoms with Crippen molar-refractivity contribution in [3.63, 3.8) is 0 Å². The molecule has 0 aliphatic rings. The topological polar surface area (TPSA) is 34.4 Å². The number of hydrogen-bond acceptors (Lipinski definition) is 3. The van der Waals surface area contributed by atoms with Crippen molar-refractivity contribution in [3.8, 4) is 12.3 Å². The minimum atomic E-state index is -0.225. The molecular formula is C15H10N2OS2. The van der Waals surface area contributed by atoms with Gasteiger partial charge in [0.15, 0.2) is 4.80 Å². The maximum atomic E-state index is 12.1. The molecule has 98 valence electrons. The van der Waals surface area contributed by atoms with Gasteiger partial charge in [-0.3, -0.25) is 4.79 Å². The molecule has 0 spiro atoms. The molecule has 1 aromatic carbocycles. The molecular weight excluding hydrogens is 288 g/mol. The van der Waals surface area contributed by atoms with E-state index in [1.54, 1.807) is 6.07 Å². The smallest absolute Gasteiger partial charge is 0.289 e. The SMILES string of the molecule is C#CCn1c(=NC(=O)c2cccs2)sc2ccccc21. The number of carbonyl (C=O) groups excluding carboxylic acids is 1. The molecule has 0 aliphatic heterocycles. The number of carbonyl (C=O) groups is 1. The molecule has 0 atom stereocenters. The van der Waals surface area contributed by atoms with E-state index >= 15 is 0 Å². The fraction of sp³-hybridized carbons (Fsp3) is 0.0667. The van der Waals surface area contributed by atoms with Crippen LogP contribution in [0.5, 0.6) is 0 Å². The van der Waals surface area contributed by atoms with Crippen LogP contribution in [0.15, 0.2) is 46.8 Å². The Morgan fingerprint density at radius 3 is 2.90 bits per heavy atom. The van der Waals surface area contributed by atoms with Crippen LogP contribution in [-0.2, 0) is 6.54 Å². The Kier molecular flexibility index (Phi) is 3.50. The number of amides is 1. The highest BCUT2D eigenvalue weighted by molar-refractivity contribution is 7.16. The van der Waals surface area contributed by atoms with E-state index in [-0.39, 0.29) is 5.91 Å². The summed E-state index contributed by atoms with van der Waals surface area (Å²) in [6, 6.07) is 11.5. The van der Waals surface area contributed by atoms with E-state index in [1.807, 2.05) is 40.3 Å². The van der Waals surface area contributed by atoms with Gasteiger partial charge in [-0.15, -0.1) is 17.8 Å². The lowest BCUT2D eigenvalue weighted by Gasteiger charge is -1.98. The van der Waals surface area contributed by atoms with Crippen LogP contribution in [0.4, 0.5) is 0 Å². The lowest BCUT2D eigenvalue weighted by molar-refractivity contribution is 0.100. The monoisotopic (exact) mass is 298 g/mol. The minimum absolute atomic E-state index is 0.225. The fourth-order valence-electron chi connectivity index (χ4n) is 1.89. The van der Waals surface area contributed by atoms with E-state index < -0.39 is 0 Å². The molecule has 2 heterocycles. The third kappa shape index (κ3) is 2.31. The normalized spacial score (nSPS) is 11.7. The molecule has 3 nitrogen and oxygen atoms in total. The quantitative estimate of drug-likeness (QED) is 0.669. The van der Waals surface area contributed by atoms with Crippen molar-refractivity contribution < 1.29 is 4.79 Å². The summed E-state index contributed by atoms with van der Waals surface area (Å²) in [6.45, 7) is 0.403. The second-order valence-electron chi connectivity index (χ2n) is 4.04. The third-order valence-electron chi connectivity index (χ3n) is 2.77. The highest BCUT2D eigenvalue weighted by atomic mass is 32.1. The summed E-state index contributed by atoms with van der Waals surface area (Å²) in [6.07, 6.45) is 5.41. The molecule has 2 aromatic heterocycles. The van der Waals surface area contributed by atoms with Crippen molar-refractivity contribution in [1.29, 1.82) is 0 Å². The van der Waals surface area contributed by atoms with E-state index in [4.69, 9.17) is 6.42 Å². The molecule has 0 radical (unpaired) electrons. The Morgan fingerprint density at radius 1 is 1.30 bits per heavy atom. The third-order valence-corrected chi connectivity index (χ3v) is 4.68. The summed E-state index contributed by atoms with van der Waals surface area (Å²) in [7, 11) is 0. The van der Waals surface area contributed by atoms with Crippen LogP contribution in [0.1, 0.15) is 9.67 Å². The standard InChI is InChI=1S/C15H10N2OS2/c1-2-9-17-11-6-3-4-7-12(11)20-15(17)16-14(18)13-8-5-10-19-13/h1,3-8,10H,9H2. The molecule has 3 rings (SSSR count). The van der Waals surface area contributed by atoms with E-state index in [9.17, 15) is 4.79 Å². The second-order valence-corrected chi connectivity index (χ2v) is 5.99. The van der Waals surface area contributed by atoms with Gasteiger partial charge in [0.1, 0.15) is 0 Å². The van der Waals surface area contributed by atoms with Crippen molar-refractivity contribution in [1.82, 2.24) is 4.57 Å². The number of fused-ring (bicyclic) bond motifs is 1. The zero-order chi connectivity index (χ0) is 13.9. The van der Waals surface area contributed by atoms with Gasteiger partial charge in [0, 0.05) is 0 Å². The first-order chi connectivity index (χ1) is 9.79. The highest BCUT2D eigenvalue weighted by Crippen LogP contribution is 2.17. The molecule has 0 bridgehead atoms. The van der Waals surface area contributed by atoms with Gasteiger partial charge in [0.25, 0.3) is 5.91 Å². The number of thiophene rings is 1. The lowest BCUT2D eigenvalue weighted by atomic mass is 10.3. The average molecular weight is 298 g/mol. The van der Waals surface area contributed by atoms with Gasteiger partial charge in [-0.1, -0.05) is 35.5 Å². The summed E-state index contributed by atoms with van der Waals surface area (Å²) >= 11 is 2.86. The Labute approximate surface area is 123 Å². The van der Waals surface area contributed by atoms with Gasteiger partial charge in [0.05, 0.1) is 21.6 Å². The van der Waals surface area contributed by atoms with Gasteiger partial charge in [-0.2, -0.15) is 4.99 Å². The van der Waals surface area contributed by atoms with Gasteiger partial charge < -0.3 is 4.57 Å². The molecule has 0 unspecified atom stereocenters. The first-order valence-electron chi connectivity index (χ1n) is 5.94. The van der Waals surface area contributed by atoms with Crippen molar-refractivity contribution in [2.45, 2.75) is 6.54 Å². The van der Waals surface area contributed by atoms with Crippen LogP contribution in [0.2, 0.25) is 0 Å². The summed E-state index contributed by atoms with van der Waals surface area (Å²) in [4.78, 5) is 17.6.